The first-order valence-electron chi connectivity index (χ1n) is 6.35. The van der Waals surface area contributed by atoms with Gasteiger partial charge in [-0.05, 0) is 25.1 Å². The number of carbonyl (C=O) groups is 1. The summed E-state index contributed by atoms with van der Waals surface area (Å²) >= 11 is 0. The highest BCUT2D eigenvalue weighted by atomic mass is 16.6. The quantitative estimate of drug-likeness (QED) is 0.650. The predicted molar refractivity (Wildman–Crippen MR) is 79.5 cm³/mol. The molecule has 2 rings (SSSR count). The molecule has 0 aliphatic heterocycles. The molecule has 0 radical (unpaired) electrons. The highest BCUT2D eigenvalue weighted by molar-refractivity contribution is 6.07. The number of pyridine rings is 1. The maximum atomic E-state index is 12.2. The fraction of sp³-hybridized carbons (Fsp3) is 0.143. The SMILES string of the molecule is CCNc1ccncc1C(=O)Nc1ccc([N+](=O)[O-])cc1. The Bertz CT molecular complexity index is 656. The molecule has 0 spiro atoms. The van der Waals surface area contributed by atoms with E-state index in [0.29, 0.717) is 23.5 Å². The van der Waals surface area contributed by atoms with Gasteiger partial charge in [0.2, 0.25) is 0 Å². The number of nitrogens with one attached hydrogen (secondary N) is 2. The normalized spacial score (nSPS) is 9.95. The van der Waals surface area contributed by atoms with E-state index in [1.165, 1.54) is 30.5 Å². The molecule has 1 aromatic carbocycles. The van der Waals surface area contributed by atoms with E-state index in [-0.39, 0.29) is 11.6 Å². The minimum absolute atomic E-state index is 0.0253. The van der Waals surface area contributed by atoms with Crippen LogP contribution in [0, 0.1) is 10.1 Å². The van der Waals surface area contributed by atoms with Crippen LogP contribution in [0.15, 0.2) is 42.7 Å². The van der Waals surface area contributed by atoms with Crippen molar-refractivity contribution in [3.8, 4) is 0 Å². The van der Waals surface area contributed by atoms with Gasteiger partial charge in [-0.3, -0.25) is 19.9 Å². The average Bonchev–Trinajstić information content (AvgIpc) is 2.48. The van der Waals surface area contributed by atoms with E-state index < -0.39 is 4.92 Å². The van der Waals surface area contributed by atoms with Crippen LogP contribution in [0.1, 0.15) is 17.3 Å². The summed E-state index contributed by atoms with van der Waals surface area (Å²) in [6.45, 7) is 2.61. The van der Waals surface area contributed by atoms with Crippen LogP contribution in [0.4, 0.5) is 17.1 Å². The second-order valence-corrected chi connectivity index (χ2v) is 4.21. The Balaban J connectivity index is 2.16. The number of nitro groups is 1. The van der Waals surface area contributed by atoms with Crippen molar-refractivity contribution in [2.24, 2.45) is 0 Å². The number of hydrogen-bond acceptors (Lipinski definition) is 5. The Morgan fingerprint density at radius 1 is 1.29 bits per heavy atom. The van der Waals surface area contributed by atoms with Crippen LogP contribution in [0.2, 0.25) is 0 Å². The van der Waals surface area contributed by atoms with Crippen molar-refractivity contribution in [2.45, 2.75) is 6.92 Å². The maximum absolute atomic E-state index is 12.2. The zero-order chi connectivity index (χ0) is 15.2. The number of amides is 1. The Hall–Kier alpha value is -2.96. The fourth-order valence-electron chi connectivity index (χ4n) is 1.78. The zero-order valence-electron chi connectivity index (χ0n) is 11.4. The van der Waals surface area contributed by atoms with Gasteiger partial charge in [0.15, 0.2) is 0 Å². The molecule has 0 saturated heterocycles. The molecule has 0 aliphatic rings. The molecule has 21 heavy (non-hydrogen) atoms. The number of benzene rings is 1. The van der Waals surface area contributed by atoms with Crippen LogP contribution in [-0.2, 0) is 0 Å². The van der Waals surface area contributed by atoms with Gasteiger partial charge >= 0.3 is 0 Å². The smallest absolute Gasteiger partial charge is 0.269 e. The molecule has 1 aromatic heterocycles. The third kappa shape index (κ3) is 3.53. The summed E-state index contributed by atoms with van der Waals surface area (Å²) in [7, 11) is 0. The summed E-state index contributed by atoms with van der Waals surface area (Å²) in [5, 5.41) is 16.3. The first-order chi connectivity index (χ1) is 10.1. The molecule has 1 amide bonds. The van der Waals surface area contributed by atoms with E-state index in [0.717, 1.165) is 0 Å². The molecule has 0 aliphatic carbocycles. The summed E-state index contributed by atoms with van der Waals surface area (Å²) in [6, 6.07) is 7.36. The van der Waals surface area contributed by atoms with Gasteiger partial charge in [-0.15, -0.1) is 0 Å². The van der Waals surface area contributed by atoms with E-state index in [9.17, 15) is 14.9 Å². The number of nitro benzene ring substituents is 1. The molecule has 0 atom stereocenters. The lowest BCUT2D eigenvalue weighted by molar-refractivity contribution is -0.384. The van der Waals surface area contributed by atoms with E-state index in [1.54, 1.807) is 12.3 Å². The highest BCUT2D eigenvalue weighted by Gasteiger charge is 2.12. The Morgan fingerprint density at radius 2 is 2.00 bits per heavy atom. The van der Waals surface area contributed by atoms with Crippen LogP contribution in [0.25, 0.3) is 0 Å². The number of aromatic nitrogens is 1. The summed E-state index contributed by atoms with van der Waals surface area (Å²) in [6.07, 6.45) is 3.07. The molecule has 0 saturated carbocycles. The topological polar surface area (TPSA) is 97.2 Å². The van der Waals surface area contributed by atoms with Gasteiger partial charge in [0.1, 0.15) is 0 Å². The highest BCUT2D eigenvalue weighted by Crippen LogP contribution is 2.18. The Kier molecular flexibility index (Phi) is 4.45. The minimum Gasteiger partial charge on any atom is -0.385 e. The lowest BCUT2D eigenvalue weighted by Gasteiger charge is -2.10. The van der Waals surface area contributed by atoms with Gasteiger partial charge in [-0.1, -0.05) is 0 Å². The number of hydrogen-bond donors (Lipinski definition) is 2. The molecule has 0 bridgehead atoms. The largest absolute Gasteiger partial charge is 0.385 e. The van der Waals surface area contributed by atoms with Crippen LogP contribution < -0.4 is 10.6 Å². The van der Waals surface area contributed by atoms with Crippen molar-refractivity contribution in [1.82, 2.24) is 4.98 Å². The van der Waals surface area contributed by atoms with E-state index in [4.69, 9.17) is 0 Å². The van der Waals surface area contributed by atoms with Gasteiger partial charge in [0.25, 0.3) is 11.6 Å². The molecule has 108 valence electrons. The van der Waals surface area contributed by atoms with Gasteiger partial charge in [0.05, 0.1) is 16.2 Å². The maximum Gasteiger partial charge on any atom is 0.269 e. The number of anilines is 2. The van der Waals surface area contributed by atoms with E-state index in [2.05, 4.69) is 15.6 Å². The van der Waals surface area contributed by atoms with Gasteiger partial charge in [-0.25, -0.2) is 0 Å². The third-order valence-corrected chi connectivity index (χ3v) is 2.77. The van der Waals surface area contributed by atoms with Crippen molar-refractivity contribution in [3.63, 3.8) is 0 Å². The van der Waals surface area contributed by atoms with Crippen LogP contribution in [-0.4, -0.2) is 22.4 Å². The van der Waals surface area contributed by atoms with Gasteiger partial charge in [-0.2, -0.15) is 0 Å². The fourth-order valence-corrected chi connectivity index (χ4v) is 1.78. The van der Waals surface area contributed by atoms with E-state index >= 15 is 0 Å². The monoisotopic (exact) mass is 286 g/mol. The summed E-state index contributed by atoms with van der Waals surface area (Å²) in [5.74, 6) is -0.326. The molecule has 0 fully saturated rings. The average molecular weight is 286 g/mol. The molecule has 0 unspecified atom stereocenters. The van der Waals surface area contributed by atoms with Crippen LogP contribution in [0.5, 0.6) is 0 Å². The zero-order valence-corrected chi connectivity index (χ0v) is 11.4. The second kappa shape index (κ2) is 6.47. The first-order valence-corrected chi connectivity index (χ1v) is 6.35. The number of nitrogens with zero attached hydrogens (tertiary/aromatic N) is 2. The summed E-state index contributed by atoms with van der Waals surface area (Å²) in [4.78, 5) is 26.2. The van der Waals surface area contributed by atoms with Crippen LogP contribution >= 0.6 is 0 Å². The molecule has 1 heterocycles. The lowest BCUT2D eigenvalue weighted by Crippen LogP contribution is -2.15. The van der Waals surface area contributed by atoms with Crippen molar-refractivity contribution >= 4 is 23.0 Å². The molecule has 7 nitrogen and oxygen atoms in total. The van der Waals surface area contributed by atoms with Crippen molar-refractivity contribution in [3.05, 3.63) is 58.4 Å². The lowest BCUT2D eigenvalue weighted by atomic mass is 10.2. The summed E-state index contributed by atoms with van der Waals surface area (Å²) in [5.41, 5.74) is 1.56. The van der Waals surface area contributed by atoms with Crippen molar-refractivity contribution < 1.29 is 9.72 Å². The molecule has 2 N–H and O–H groups in total. The Labute approximate surface area is 121 Å². The summed E-state index contributed by atoms with van der Waals surface area (Å²) < 4.78 is 0. The van der Waals surface area contributed by atoms with Gasteiger partial charge < -0.3 is 10.6 Å². The van der Waals surface area contributed by atoms with Crippen LogP contribution in [0.3, 0.4) is 0 Å². The Morgan fingerprint density at radius 3 is 2.62 bits per heavy atom. The third-order valence-electron chi connectivity index (χ3n) is 2.77. The number of carbonyl (C=O) groups excluding carboxylic acids is 1. The van der Waals surface area contributed by atoms with E-state index in [1.807, 2.05) is 6.92 Å². The number of non-ortho nitro benzene ring substituents is 1. The molecular weight excluding hydrogens is 272 g/mol. The minimum atomic E-state index is -0.490. The number of rotatable bonds is 5. The van der Waals surface area contributed by atoms with Crippen molar-refractivity contribution in [1.29, 1.82) is 0 Å². The molecular formula is C14H14N4O3. The molecule has 2 aromatic rings. The van der Waals surface area contributed by atoms with Crippen molar-refractivity contribution in [2.75, 3.05) is 17.2 Å². The predicted octanol–water partition coefficient (Wildman–Crippen LogP) is 2.67. The molecule has 7 heteroatoms. The first kappa shape index (κ1) is 14.4. The standard InChI is InChI=1S/C14H14N4O3/c1-2-16-13-7-8-15-9-12(13)14(19)17-10-3-5-11(6-4-10)18(20)21/h3-9H,2H2,1H3,(H,15,16)(H,17,19). The van der Waals surface area contributed by atoms with Gasteiger partial charge in [0, 0.05) is 36.8 Å². The second-order valence-electron chi connectivity index (χ2n) is 4.21.